The van der Waals surface area contributed by atoms with Gasteiger partial charge in [-0.2, -0.15) is 5.10 Å². The van der Waals surface area contributed by atoms with Gasteiger partial charge in [0.25, 0.3) is 5.91 Å². The Labute approximate surface area is 250 Å². The summed E-state index contributed by atoms with van der Waals surface area (Å²) in [5, 5.41) is 7.80. The van der Waals surface area contributed by atoms with E-state index < -0.39 is 11.9 Å². The predicted molar refractivity (Wildman–Crippen MR) is 162 cm³/mol. The first-order valence-corrected chi connectivity index (χ1v) is 13.7. The van der Waals surface area contributed by atoms with Crippen LogP contribution >= 0.6 is 23.2 Å². The summed E-state index contributed by atoms with van der Waals surface area (Å²) in [5.74, 6) is 1.04. The minimum Gasteiger partial charge on any atom is -0.497 e. The van der Waals surface area contributed by atoms with Gasteiger partial charge in [-0.15, -0.1) is 6.58 Å². The average Bonchev–Trinajstić information content (AvgIpc) is 2.94. The number of methoxy groups -OCH3 is 1. The Morgan fingerprint density at radius 2 is 1.80 bits per heavy atom. The second kappa shape index (κ2) is 15.7. The number of benzene rings is 3. The van der Waals surface area contributed by atoms with Crippen LogP contribution < -0.4 is 25.0 Å². The van der Waals surface area contributed by atoms with Crippen molar-refractivity contribution in [2.75, 3.05) is 13.7 Å². The van der Waals surface area contributed by atoms with Crippen molar-refractivity contribution in [2.24, 2.45) is 5.10 Å². The lowest BCUT2D eigenvalue weighted by atomic mass is 10.1. The number of halogens is 2. The monoisotopic (exact) mass is 597 g/mol. The number of rotatable bonds is 14. The van der Waals surface area contributed by atoms with Crippen LogP contribution in [0.2, 0.25) is 10.0 Å². The van der Waals surface area contributed by atoms with Crippen molar-refractivity contribution in [3.63, 3.8) is 0 Å². The average molecular weight is 599 g/mol. The molecule has 3 rings (SSSR count). The van der Waals surface area contributed by atoms with Crippen molar-refractivity contribution >= 4 is 41.2 Å². The maximum atomic E-state index is 12.5. The number of ether oxygens (including phenoxy) is 3. The fourth-order valence-corrected chi connectivity index (χ4v) is 4.30. The van der Waals surface area contributed by atoms with Crippen molar-refractivity contribution in [1.82, 2.24) is 10.7 Å². The van der Waals surface area contributed by atoms with Crippen molar-refractivity contribution in [3.8, 4) is 17.2 Å². The topological polar surface area (TPSA) is 98.3 Å². The summed E-state index contributed by atoms with van der Waals surface area (Å²) < 4.78 is 17.1. The van der Waals surface area contributed by atoms with Crippen molar-refractivity contribution in [3.05, 3.63) is 99.6 Å². The molecule has 8 nitrogen and oxygen atoms in total. The van der Waals surface area contributed by atoms with Crippen LogP contribution in [-0.4, -0.2) is 37.8 Å². The molecular formula is C31H33Cl2N3O5. The fraction of sp³-hybridized carbons (Fsp3) is 0.258. The fourth-order valence-electron chi connectivity index (χ4n) is 3.83. The molecule has 41 heavy (non-hydrogen) atoms. The molecule has 2 N–H and O–H groups in total. The van der Waals surface area contributed by atoms with E-state index in [2.05, 4.69) is 22.4 Å². The zero-order chi connectivity index (χ0) is 29.8. The van der Waals surface area contributed by atoms with Gasteiger partial charge in [0.2, 0.25) is 5.91 Å². The zero-order valence-electron chi connectivity index (χ0n) is 23.2. The number of nitrogens with zero attached hydrogens (tertiary/aromatic N) is 1. The highest BCUT2D eigenvalue weighted by molar-refractivity contribution is 6.35. The number of nitrogens with one attached hydrogen (secondary N) is 2. The Morgan fingerprint density at radius 1 is 1.05 bits per heavy atom. The van der Waals surface area contributed by atoms with Crippen LogP contribution in [0.5, 0.6) is 17.2 Å². The molecule has 0 bridgehead atoms. The summed E-state index contributed by atoms with van der Waals surface area (Å²) in [5.41, 5.74) is 5.56. The first-order valence-electron chi connectivity index (χ1n) is 13.0. The van der Waals surface area contributed by atoms with Gasteiger partial charge in [0.15, 0.2) is 11.5 Å². The quantitative estimate of drug-likeness (QED) is 0.137. The number of allylic oxidation sites excluding steroid dienone is 1. The second-order valence-corrected chi connectivity index (χ2v) is 9.85. The Hall–Kier alpha value is -4.01. The molecule has 0 fully saturated rings. The molecule has 10 heteroatoms. The highest BCUT2D eigenvalue weighted by Crippen LogP contribution is 2.35. The lowest BCUT2D eigenvalue weighted by Crippen LogP contribution is -2.43. The highest BCUT2D eigenvalue weighted by atomic mass is 35.5. The molecule has 2 amide bonds. The summed E-state index contributed by atoms with van der Waals surface area (Å²) >= 11 is 12.3. The molecule has 216 valence electrons. The second-order valence-electron chi connectivity index (χ2n) is 9.01. The number of carbonyl (C=O) groups excluding carboxylic acids is 2. The van der Waals surface area contributed by atoms with E-state index in [4.69, 9.17) is 37.4 Å². The van der Waals surface area contributed by atoms with E-state index in [1.807, 2.05) is 19.1 Å². The summed E-state index contributed by atoms with van der Waals surface area (Å²) in [6.45, 7) is 7.93. The lowest BCUT2D eigenvalue weighted by molar-refractivity contribution is -0.128. The summed E-state index contributed by atoms with van der Waals surface area (Å²) in [7, 11) is 1.58. The lowest BCUT2D eigenvalue weighted by Gasteiger charge is -2.17. The Bertz CT molecular complexity index is 1390. The van der Waals surface area contributed by atoms with Gasteiger partial charge in [-0.1, -0.05) is 47.5 Å². The number of hydrogen-bond donors (Lipinski definition) is 2. The molecule has 3 aromatic rings. The van der Waals surface area contributed by atoms with Crippen LogP contribution in [0.1, 0.15) is 36.1 Å². The minimum absolute atomic E-state index is 0.135. The van der Waals surface area contributed by atoms with E-state index in [0.29, 0.717) is 45.9 Å². The van der Waals surface area contributed by atoms with E-state index in [1.54, 1.807) is 62.6 Å². The zero-order valence-corrected chi connectivity index (χ0v) is 24.7. The van der Waals surface area contributed by atoms with E-state index >= 15 is 0 Å². The third-order valence-electron chi connectivity index (χ3n) is 5.89. The summed E-state index contributed by atoms with van der Waals surface area (Å²) in [6, 6.07) is 15.2. The molecule has 0 aromatic heterocycles. The number of hydrazone groups is 1. The van der Waals surface area contributed by atoms with E-state index in [0.717, 1.165) is 16.7 Å². The molecular weight excluding hydrogens is 565 g/mol. The van der Waals surface area contributed by atoms with E-state index in [-0.39, 0.29) is 18.9 Å². The molecule has 1 unspecified atom stereocenters. The normalized spacial score (nSPS) is 11.5. The molecule has 0 saturated carbocycles. The molecule has 0 heterocycles. The number of carbonyl (C=O) groups is 2. The molecule has 0 aliphatic carbocycles. The molecule has 0 aliphatic rings. The third-order valence-corrected chi connectivity index (χ3v) is 6.48. The Morgan fingerprint density at radius 3 is 2.46 bits per heavy atom. The van der Waals surface area contributed by atoms with Gasteiger partial charge in [-0.3, -0.25) is 9.59 Å². The van der Waals surface area contributed by atoms with Gasteiger partial charge in [-0.05, 0) is 67.8 Å². The number of hydrogen-bond acceptors (Lipinski definition) is 6. The largest absolute Gasteiger partial charge is 0.497 e. The maximum Gasteiger partial charge on any atom is 0.262 e. The van der Waals surface area contributed by atoms with Crippen LogP contribution in [0.3, 0.4) is 0 Å². The van der Waals surface area contributed by atoms with Gasteiger partial charge < -0.3 is 19.5 Å². The van der Waals surface area contributed by atoms with Crippen LogP contribution in [0, 0.1) is 0 Å². The van der Waals surface area contributed by atoms with Gasteiger partial charge in [0.05, 0.1) is 26.4 Å². The Balaban J connectivity index is 1.65. The minimum atomic E-state index is -0.788. The van der Waals surface area contributed by atoms with Crippen LogP contribution in [-0.2, 0) is 29.0 Å². The van der Waals surface area contributed by atoms with E-state index in [9.17, 15) is 9.59 Å². The molecule has 3 aromatic carbocycles. The first-order chi connectivity index (χ1) is 19.7. The standard InChI is InChI=1S/C31H33Cl2N3O5/c1-5-7-23-14-22(15-28(40-6-2)30(23)41-19-24-10-11-25(32)17-27(24)33)18-34-36-31(38)20(3)35-29(37)16-21-8-12-26(39-4)13-9-21/h5,8-15,17-18,20H,1,6-7,16,19H2,2-4H3,(H,35,37)(H,36,38). The number of amides is 2. The molecule has 0 radical (unpaired) electrons. The van der Waals surface area contributed by atoms with Gasteiger partial charge in [0, 0.05) is 21.2 Å². The molecule has 0 aliphatic heterocycles. The molecule has 0 spiro atoms. The van der Waals surface area contributed by atoms with Crippen LogP contribution in [0.4, 0.5) is 0 Å². The van der Waals surface area contributed by atoms with Crippen molar-refractivity contribution in [2.45, 2.75) is 39.3 Å². The van der Waals surface area contributed by atoms with E-state index in [1.165, 1.54) is 6.21 Å². The third kappa shape index (κ3) is 9.55. The molecule has 1 atom stereocenters. The Kier molecular flexibility index (Phi) is 12.1. The predicted octanol–water partition coefficient (Wildman–Crippen LogP) is 5.91. The van der Waals surface area contributed by atoms with Crippen molar-refractivity contribution < 1.29 is 23.8 Å². The first kappa shape index (κ1) is 31.5. The smallest absolute Gasteiger partial charge is 0.262 e. The van der Waals surface area contributed by atoms with Gasteiger partial charge >= 0.3 is 0 Å². The maximum absolute atomic E-state index is 12.5. The van der Waals surface area contributed by atoms with Gasteiger partial charge in [-0.25, -0.2) is 5.43 Å². The van der Waals surface area contributed by atoms with Crippen molar-refractivity contribution in [1.29, 1.82) is 0 Å². The molecule has 0 saturated heterocycles. The summed E-state index contributed by atoms with van der Waals surface area (Å²) in [6.07, 6.45) is 3.90. The SMILES string of the molecule is C=CCc1cc(C=NNC(=O)C(C)NC(=O)Cc2ccc(OC)cc2)cc(OCC)c1OCc1ccc(Cl)cc1Cl. The summed E-state index contributed by atoms with van der Waals surface area (Å²) in [4.78, 5) is 24.9. The highest BCUT2D eigenvalue weighted by Gasteiger charge is 2.17. The van der Waals surface area contributed by atoms with Crippen LogP contribution in [0.15, 0.2) is 72.4 Å². The van der Waals surface area contributed by atoms with Crippen LogP contribution in [0.25, 0.3) is 0 Å². The van der Waals surface area contributed by atoms with Gasteiger partial charge in [0.1, 0.15) is 18.4 Å².